The van der Waals surface area contributed by atoms with Crippen LogP contribution in [0.1, 0.15) is 0 Å². The van der Waals surface area contributed by atoms with Crippen molar-refractivity contribution < 1.29 is 39.7 Å². The molecule has 2 rings (SSSR count). The molecule has 2 aliphatic rings. The van der Waals surface area contributed by atoms with Crippen LogP contribution in [0.4, 0.5) is 0 Å². The minimum atomic E-state index is -1.90. The molecule has 0 saturated carbocycles. The third-order valence-corrected chi connectivity index (χ3v) is 4.96. The molecule has 5 N–H and O–H groups in total. The lowest BCUT2D eigenvalue weighted by Gasteiger charge is -2.43. The van der Waals surface area contributed by atoms with Crippen LogP contribution in [0.2, 0.25) is 0 Å². The summed E-state index contributed by atoms with van der Waals surface area (Å²) in [6.45, 7) is 0. The smallest absolute Gasteiger partial charge is 0.214 e. The highest BCUT2D eigenvalue weighted by molar-refractivity contribution is 6.19. The van der Waals surface area contributed by atoms with Gasteiger partial charge in [0.2, 0.25) is 5.79 Å². The first kappa shape index (κ1) is 19.9. The van der Waals surface area contributed by atoms with Crippen LogP contribution in [-0.4, -0.2) is 98.0 Å². The number of aliphatic hydroxyl groups is 5. The molecule has 11 heteroatoms. The van der Waals surface area contributed by atoms with Crippen LogP contribution >= 0.6 is 34.8 Å². The Morgan fingerprint density at radius 3 is 1.91 bits per heavy atom. The van der Waals surface area contributed by atoms with Crippen LogP contribution in [0, 0.1) is 0 Å². The van der Waals surface area contributed by atoms with Gasteiger partial charge in [0.25, 0.3) is 0 Å². The van der Waals surface area contributed by atoms with Crippen molar-refractivity contribution in [1.82, 2.24) is 0 Å². The monoisotopic (exact) mass is 396 g/mol. The van der Waals surface area contributed by atoms with E-state index in [1.165, 1.54) is 0 Å². The first-order chi connectivity index (χ1) is 10.8. The number of hydrogen-bond donors (Lipinski definition) is 5. The summed E-state index contributed by atoms with van der Waals surface area (Å²) < 4.78 is 16.1. The quantitative estimate of drug-likeness (QED) is 0.349. The number of aliphatic hydroxyl groups excluding tert-OH is 5. The highest BCUT2D eigenvalue weighted by Gasteiger charge is 2.58. The fourth-order valence-corrected chi connectivity index (χ4v) is 3.34. The molecule has 9 atom stereocenters. The van der Waals surface area contributed by atoms with Crippen molar-refractivity contribution in [1.29, 1.82) is 0 Å². The first-order valence-electron chi connectivity index (χ1n) is 6.90. The van der Waals surface area contributed by atoms with Crippen molar-refractivity contribution >= 4 is 34.8 Å². The fourth-order valence-electron chi connectivity index (χ4n) is 2.56. The van der Waals surface area contributed by atoms with Gasteiger partial charge in [0, 0.05) is 0 Å². The second kappa shape index (κ2) is 7.84. The largest absolute Gasteiger partial charge is 0.388 e. The Morgan fingerprint density at radius 2 is 1.43 bits per heavy atom. The van der Waals surface area contributed by atoms with E-state index in [-0.39, 0.29) is 11.8 Å². The van der Waals surface area contributed by atoms with Crippen molar-refractivity contribution in [3.63, 3.8) is 0 Å². The zero-order chi connectivity index (χ0) is 17.4. The maximum atomic E-state index is 10.1. The summed E-state index contributed by atoms with van der Waals surface area (Å²) >= 11 is 17.1. The molecular formula is C12H19Cl3O8. The molecule has 8 nitrogen and oxygen atoms in total. The molecule has 0 bridgehead atoms. The van der Waals surface area contributed by atoms with E-state index >= 15 is 0 Å². The molecule has 2 saturated heterocycles. The SMILES string of the molecule is O[C@@H]1[C@H](O)[C@@H](O[C@]2(CCl)O[C@H](CCl)[C@H](O)[C@H]2O)O[C@@H](CCl)[C@H]1O. The maximum Gasteiger partial charge on any atom is 0.214 e. The summed E-state index contributed by atoms with van der Waals surface area (Å²) in [5.41, 5.74) is 0. The van der Waals surface area contributed by atoms with E-state index in [0.717, 1.165) is 0 Å². The van der Waals surface area contributed by atoms with Crippen LogP contribution in [-0.2, 0) is 14.2 Å². The Balaban J connectivity index is 2.18. The molecule has 0 spiro atoms. The van der Waals surface area contributed by atoms with Gasteiger partial charge in [-0.25, -0.2) is 0 Å². The Bertz CT molecular complexity index is 403. The van der Waals surface area contributed by atoms with Gasteiger partial charge in [-0.3, -0.25) is 0 Å². The lowest BCUT2D eigenvalue weighted by Crippen LogP contribution is -2.62. The van der Waals surface area contributed by atoms with E-state index in [1.807, 2.05) is 0 Å². The van der Waals surface area contributed by atoms with Crippen LogP contribution < -0.4 is 0 Å². The van der Waals surface area contributed by atoms with Gasteiger partial charge in [-0.05, 0) is 0 Å². The normalized spacial score (nSPS) is 51.1. The van der Waals surface area contributed by atoms with E-state index in [9.17, 15) is 25.5 Å². The number of rotatable bonds is 5. The zero-order valence-electron chi connectivity index (χ0n) is 11.8. The Labute approximate surface area is 147 Å². The highest BCUT2D eigenvalue weighted by atomic mass is 35.5. The van der Waals surface area contributed by atoms with Crippen molar-refractivity contribution in [2.45, 2.75) is 54.8 Å². The average Bonchev–Trinajstić information content (AvgIpc) is 2.80. The van der Waals surface area contributed by atoms with Gasteiger partial charge in [0.05, 0.1) is 17.6 Å². The molecule has 0 aromatic heterocycles. The lowest BCUT2D eigenvalue weighted by molar-refractivity contribution is -0.366. The van der Waals surface area contributed by atoms with Crippen molar-refractivity contribution in [2.24, 2.45) is 0 Å². The summed E-state index contributed by atoms with van der Waals surface area (Å²) in [7, 11) is 0. The predicted molar refractivity (Wildman–Crippen MR) is 79.5 cm³/mol. The molecule has 136 valence electrons. The number of alkyl halides is 3. The standard InChI is InChI=1S/C12H19Cl3O8/c13-1-4-6(16)8(18)9(19)11(21-4)23-12(3-15)10(20)7(17)5(2-14)22-12/h4-11,16-20H,1-3H2/t4-,5+,6+,7-,8-,9-,10+,11+,12-/m0/s1. The maximum absolute atomic E-state index is 10.1. The summed E-state index contributed by atoms with van der Waals surface area (Å²) in [6, 6.07) is 0. The third-order valence-electron chi connectivity index (χ3n) is 3.98. The summed E-state index contributed by atoms with van der Waals surface area (Å²) in [4.78, 5) is 0. The molecule has 0 amide bonds. The number of hydrogen-bond acceptors (Lipinski definition) is 8. The van der Waals surface area contributed by atoms with Crippen molar-refractivity contribution in [3.8, 4) is 0 Å². The van der Waals surface area contributed by atoms with Gasteiger partial charge in [0.1, 0.15) is 42.7 Å². The van der Waals surface area contributed by atoms with Crippen LogP contribution in [0.3, 0.4) is 0 Å². The summed E-state index contributed by atoms with van der Waals surface area (Å²) in [5.74, 6) is -2.60. The van der Waals surface area contributed by atoms with Gasteiger partial charge < -0.3 is 39.7 Å². The minimum Gasteiger partial charge on any atom is -0.388 e. The van der Waals surface area contributed by atoms with E-state index in [2.05, 4.69) is 0 Å². The molecule has 0 aromatic carbocycles. The Hall–Kier alpha value is 0.550. The number of ether oxygens (including phenoxy) is 3. The first-order valence-corrected chi connectivity index (χ1v) is 8.51. The van der Waals surface area contributed by atoms with Crippen LogP contribution in [0.15, 0.2) is 0 Å². The van der Waals surface area contributed by atoms with E-state index in [0.29, 0.717) is 0 Å². The zero-order valence-corrected chi connectivity index (χ0v) is 14.1. The van der Waals surface area contributed by atoms with Gasteiger partial charge in [-0.2, -0.15) is 0 Å². The average molecular weight is 398 g/mol. The number of halogens is 3. The molecule has 0 aliphatic carbocycles. The molecule has 2 fully saturated rings. The summed E-state index contributed by atoms with van der Waals surface area (Å²) in [6.07, 6.45) is -11.0. The van der Waals surface area contributed by atoms with E-state index in [4.69, 9.17) is 49.0 Å². The summed E-state index contributed by atoms with van der Waals surface area (Å²) in [5, 5.41) is 49.6. The molecule has 23 heavy (non-hydrogen) atoms. The second-order valence-electron chi connectivity index (χ2n) is 5.48. The van der Waals surface area contributed by atoms with Crippen LogP contribution in [0.25, 0.3) is 0 Å². The van der Waals surface area contributed by atoms with E-state index < -0.39 is 60.7 Å². The van der Waals surface area contributed by atoms with Gasteiger partial charge in [-0.1, -0.05) is 0 Å². The van der Waals surface area contributed by atoms with Crippen molar-refractivity contribution in [3.05, 3.63) is 0 Å². The van der Waals surface area contributed by atoms with Gasteiger partial charge in [0.15, 0.2) is 6.29 Å². The van der Waals surface area contributed by atoms with Gasteiger partial charge >= 0.3 is 0 Å². The fraction of sp³-hybridized carbons (Fsp3) is 1.00. The van der Waals surface area contributed by atoms with E-state index in [1.54, 1.807) is 0 Å². The molecule has 2 aliphatic heterocycles. The molecule has 0 radical (unpaired) electrons. The lowest BCUT2D eigenvalue weighted by atomic mass is 9.99. The second-order valence-corrected chi connectivity index (χ2v) is 6.36. The molecule has 0 aromatic rings. The topological polar surface area (TPSA) is 129 Å². The minimum absolute atomic E-state index is 0.125. The van der Waals surface area contributed by atoms with Crippen molar-refractivity contribution in [2.75, 3.05) is 17.6 Å². The Kier molecular flexibility index (Phi) is 6.77. The van der Waals surface area contributed by atoms with Crippen LogP contribution in [0.5, 0.6) is 0 Å². The van der Waals surface area contributed by atoms with Gasteiger partial charge in [-0.15, -0.1) is 34.8 Å². The molecule has 2 heterocycles. The Morgan fingerprint density at radius 1 is 0.826 bits per heavy atom. The molecule has 0 unspecified atom stereocenters. The predicted octanol–water partition coefficient (Wildman–Crippen LogP) is -1.66. The highest BCUT2D eigenvalue weighted by Crippen LogP contribution is 2.37. The third kappa shape index (κ3) is 3.58. The molecular weight excluding hydrogens is 378 g/mol.